The maximum Gasteiger partial charge on any atom is 0.412 e. The van der Waals surface area contributed by atoms with Crippen molar-refractivity contribution in [2.75, 3.05) is 26.9 Å². The summed E-state index contributed by atoms with van der Waals surface area (Å²) >= 11 is 0. The first-order valence-electron chi connectivity index (χ1n) is 10.6. The fraction of sp³-hybridized carbons (Fsp3) is 0.542. The van der Waals surface area contributed by atoms with Crippen molar-refractivity contribution in [2.24, 2.45) is 11.7 Å². The Hall–Kier alpha value is -2.12. The number of carbonyl (C=O) groups is 1. The van der Waals surface area contributed by atoms with E-state index in [1.807, 2.05) is 24.3 Å². The molecule has 7 heteroatoms. The minimum absolute atomic E-state index is 0.0324. The highest BCUT2D eigenvalue weighted by molar-refractivity contribution is 5.70. The van der Waals surface area contributed by atoms with Gasteiger partial charge in [-0.2, -0.15) is 13.2 Å². The Balaban J connectivity index is 0.000000358. The topological polar surface area (TPSA) is 55.6 Å². The van der Waals surface area contributed by atoms with Gasteiger partial charge in [0.2, 0.25) is 5.91 Å². The molecule has 0 spiro atoms. The van der Waals surface area contributed by atoms with E-state index < -0.39 is 6.18 Å². The van der Waals surface area contributed by atoms with Crippen molar-refractivity contribution in [3.8, 4) is 0 Å². The van der Waals surface area contributed by atoms with E-state index in [9.17, 15) is 18.0 Å². The number of ether oxygens (including phenoxy) is 1. The standard InChI is InChI=1S/C15H22F3NO.C7H8.C2H5NO/c1-20-11-19-9-4-5-12(8-10-19)13-6-2-3-7-14(13)15(16,17)18;1-7-5-3-2-4-6-7;1-2(3)4/h2,6,12H,3-5,7-11H2,1H3;2-6H,1H3;1H3,(H2,3,4). The van der Waals surface area contributed by atoms with Crippen LogP contribution in [0.4, 0.5) is 13.2 Å². The second-order valence-electron chi connectivity index (χ2n) is 7.80. The third kappa shape index (κ3) is 11.2. The Labute approximate surface area is 183 Å². The third-order valence-electron chi connectivity index (χ3n) is 5.06. The first-order chi connectivity index (χ1) is 14.6. The smallest absolute Gasteiger partial charge is 0.370 e. The number of halogens is 3. The van der Waals surface area contributed by atoms with Crippen molar-refractivity contribution in [3.05, 3.63) is 59.2 Å². The van der Waals surface area contributed by atoms with Gasteiger partial charge in [-0.15, -0.1) is 0 Å². The number of nitrogens with zero attached hydrogens (tertiary/aromatic N) is 1. The van der Waals surface area contributed by atoms with Crippen LogP contribution in [0, 0.1) is 12.8 Å². The van der Waals surface area contributed by atoms with Gasteiger partial charge in [-0.05, 0) is 50.5 Å². The van der Waals surface area contributed by atoms with Gasteiger partial charge in [-0.25, -0.2) is 0 Å². The number of amides is 1. The molecule has 2 N–H and O–H groups in total. The highest BCUT2D eigenvalue weighted by atomic mass is 19.4. The first-order valence-corrected chi connectivity index (χ1v) is 10.6. The number of alkyl halides is 3. The van der Waals surface area contributed by atoms with Gasteiger partial charge in [0.15, 0.2) is 0 Å². The van der Waals surface area contributed by atoms with Crippen LogP contribution in [0.5, 0.6) is 0 Å². The average Bonchev–Trinajstić information content (AvgIpc) is 2.94. The number of rotatable bonds is 3. The monoisotopic (exact) mass is 440 g/mol. The lowest BCUT2D eigenvalue weighted by atomic mass is 9.84. The molecule has 0 bridgehead atoms. The highest BCUT2D eigenvalue weighted by Crippen LogP contribution is 2.39. The molecule has 1 atom stereocenters. The van der Waals surface area contributed by atoms with Crippen LogP contribution in [-0.2, 0) is 9.53 Å². The number of benzene rings is 1. The second-order valence-corrected chi connectivity index (χ2v) is 7.80. The van der Waals surface area contributed by atoms with Crippen LogP contribution in [-0.4, -0.2) is 43.9 Å². The summed E-state index contributed by atoms with van der Waals surface area (Å²) in [6.07, 6.45) is 2.58. The minimum atomic E-state index is -4.18. The van der Waals surface area contributed by atoms with E-state index in [0.717, 1.165) is 32.4 Å². The molecule has 1 aromatic rings. The number of primary amides is 1. The molecule has 0 saturated carbocycles. The van der Waals surface area contributed by atoms with E-state index in [1.54, 1.807) is 13.2 Å². The second kappa shape index (κ2) is 14.0. The normalized spacial score (nSPS) is 19.5. The zero-order valence-electron chi connectivity index (χ0n) is 18.8. The van der Waals surface area contributed by atoms with Crippen LogP contribution in [0.1, 0.15) is 44.6 Å². The van der Waals surface area contributed by atoms with Gasteiger partial charge in [0.1, 0.15) is 0 Å². The Morgan fingerprint density at radius 1 is 1.19 bits per heavy atom. The van der Waals surface area contributed by atoms with Crippen LogP contribution in [0.3, 0.4) is 0 Å². The van der Waals surface area contributed by atoms with E-state index in [1.165, 1.54) is 12.5 Å². The summed E-state index contributed by atoms with van der Waals surface area (Å²) in [5.74, 6) is -0.301. The summed E-state index contributed by atoms with van der Waals surface area (Å²) in [5, 5.41) is 0. The van der Waals surface area contributed by atoms with Gasteiger partial charge in [-0.3, -0.25) is 9.69 Å². The number of likely N-dealkylation sites (tertiary alicyclic amines) is 1. The van der Waals surface area contributed by atoms with E-state index in [2.05, 4.69) is 29.7 Å². The molecule has 1 unspecified atom stereocenters. The van der Waals surface area contributed by atoms with Gasteiger partial charge in [0.25, 0.3) is 0 Å². The number of hydrogen-bond acceptors (Lipinski definition) is 3. The number of allylic oxidation sites excluding steroid dienone is 4. The molecule has 3 rings (SSSR count). The van der Waals surface area contributed by atoms with Crippen molar-refractivity contribution >= 4 is 5.91 Å². The zero-order chi connectivity index (χ0) is 23.3. The molecule has 2 aliphatic rings. The fourth-order valence-corrected chi connectivity index (χ4v) is 3.68. The Kier molecular flexibility index (Phi) is 12.2. The fourth-order valence-electron chi connectivity index (χ4n) is 3.68. The van der Waals surface area contributed by atoms with Crippen LogP contribution < -0.4 is 5.73 Å². The number of carbonyl (C=O) groups excluding carboxylic acids is 1. The predicted molar refractivity (Wildman–Crippen MR) is 118 cm³/mol. The number of aryl methyl sites for hydroxylation is 1. The Bertz CT molecular complexity index is 711. The molecule has 1 fully saturated rings. The van der Waals surface area contributed by atoms with Crippen molar-refractivity contribution in [3.63, 3.8) is 0 Å². The predicted octanol–water partition coefficient (Wildman–Crippen LogP) is 5.39. The number of nitrogens with two attached hydrogens (primary N) is 1. The van der Waals surface area contributed by atoms with Crippen LogP contribution in [0.2, 0.25) is 0 Å². The van der Waals surface area contributed by atoms with E-state index in [4.69, 9.17) is 4.74 Å². The summed E-state index contributed by atoms with van der Waals surface area (Å²) in [6.45, 7) is 5.66. The molecule has 1 amide bonds. The van der Waals surface area contributed by atoms with Gasteiger partial charge < -0.3 is 10.5 Å². The molecule has 1 aromatic carbocycles. The van der Waals surface area contributed by atoms with Crippen molar-refractivity contribution < 1.29 is 22.7 Å². The summed E-state index contributed by atoms with van der Waals surface area (Å²) in [6, 6.07) is 10.3. The molecular weight excluding hydrogens is 405 g/mol. The average molecular weight is 441 g/mol. The maximum absolute atomic E-state index is 13.1. The molecular formula is C24H35F3N2O2. The first kappa shape index (κ1) is 26.9. The lowest BCUT2D eigenvalue weighted by Crippen LogP contribution is -2.27. The molecule has 0 aromatic heterocycles. The van der Waals surface area contributed by atoms with Gasteiger partial charge in [-0.1, -0.05) is 48.0 Å². The van der Waals surface area contributed by atoms with Crippen LogP contribution in [0.15, 0.2) is 53.6 Å². The van der Waals surface area contributed by atoms with E-state index >= 15 is 0 Å². The lowest BCUT2D eigenvalue weighted by molar-refractivity contribution is -0.116. The van der Waals surface area contributed by atoms with Crippen molar-refractivity contribution in [2.45, 2.75) is 52.1 Å². The molecule has 31 heavy (non-hydrogen) atoms. The molecule has 1 aliphatic heterocycles. The maximum atomic E-state index is 13.1. The third-order valence-corrected chi connectivity index (χ3v) is 5.06. The summed E-state index contributed by atoms with van der Waals surface area (Å²) < 4.78 is 44.5. The largest absolute Gasteiger partial charge is 0.412 e. The van der Waals surface area contributed by atoms with E-state index in [0.29, 0.717) is 18.7 Å². The molecule has 174 valence electrons. The van der Waals surface area contributed by atoms with Crippen LogP contribution in [0.25, 0.3) is 0 Å². The quantitative estimate of drug-likeness (QED) is 0.686. The Morgan fingerprint density at radius 2 is 1.84 bits per heavy atom. The molecule has 1 saturated heterocycles. The van der Waals surface area contributed by atoms with Crippen molar-refractivity contribution in [1.82, 2.24) is 4.90 Å². The lowest BCUT2D eigenvalue weighted by Gasteiger charge is -2.25. The van der Waals surface area contributed by atoms with Gasteiger partial charge in [0.05, 0.1) is 6.73 Å². The van der Waals surface area contributed by atoms with Crippen LogP contribution >= 0.6 is 0 Å². The molecule has 0 radical (unpaired) electrons. The van der Waals surface area contributed by atoms with Gasteiger partial charge >= 0.3 is 6.18 Å². The number of hydrogen-bond donors (Lipinski definition) is 1. The summed E-state index contributed by atoms with van der Waals surface area (Å²) in [5.41, 5.74) is 6.02. The zero-order valence-corrected chi connectivity index (χ0v) is 18.8. The SMILES string of the molecule is CC(N)=O.COCN1CCCC(C2=C(C(F)(F)F)CCC=C2)CC1.Cc1ccccc1. The summed E-state index contributed by atoms with van der Waals surface area (Å²) in [4.78, 5) is 11.4. The van der Waals surface area contributed by atoms with Gasteiger partial charge in [0, 0.05) is 32.7 Å². The number of methoxy groups -OCH3 is 1. The Morgan fingerprint density at radius 3 is 2.35 bits per heavy atom. The molecule has 1 heterocycles. The molecule has 1 aliphatic carbocycles. The molecule has 4 nitrogen and oxygen atoms in total. The summed E-state index contributed by atoms with van der Waals surface area (Å²) in [7, 11) is 1.65. The minimum Gasteiger partial charge on any atom is -0.370 e. The van der Waals surface area contributed by atoms with Crippen molar-refractivity contribution in [1.29, 1.82) is 0 Å². The highest BCUT2D eigenvalue weighted by Gasteiger charge is 2.37. The van der Waals surface area contributed by atoms with E-state index in [-0.39, 0.29) is 23.8 Å².